The van der Waals surface area contributed by atoms with E-state index in [1.165, 1.54) is 0 Å². The number of aromatic nitrogens is 1. The highest BCUT2D eigenvalue weighted by Crippen LogP contribution is 2.34. The first-order valence-corrected chi connectivity index (χ1v) is 6.67. The van der Waals surface area contributed by atoms with Gasteiger partial charge >= 0.3 is 5.97 Å². The highest BCUT2D eigenvalue weighted by molar-refractivity contribution is 9.10. The molecule has 0 aliphatic carbocycles. The van der Waals surface area contributed by atoms with E-state index in [1.807, 2.05) is 11.6 Å². The zero-order valence-electron chi connectivity index (χ0n) is 10.7. The van der Waals surface area contributed by atoms with Crippen molar-refractivity contribution in [1.29, 1.82) is 0 Å². The summed E-state index contributed by atoms with van der Waals surface area (Å²) in [6.07, 6.45) is 0. The number of ether oxygens (including phenoxy) is 1. The molecule has 0 unspecified atom stereocenters. The highest BCUT2D eigenvalue weighted by Gasteiger charge is 2.22. The van der Waals surface area contributed by atoms with Crippen LogP contribution in [0.25, 0.3) is 10.9 Å². The molecule has 2 rings (SSSR count). The van der Waals surface area contributed by atoms with E-state index < -0.39 is 5.97 Å². The minimum Gasteiger partial charge on any atom is -0.507 e. The number of phenolic OH excluding ortho intramolecular Hbond substituents is 1. The Morgan fingerprint density at radius 1 is 1.53 bits per heavy atom. The largest absolute Gasteiger partial charge is 0.507 e. The Bertz CT molecular complexity index is 649. The van der Waals surface area contributed by atoms with Crippen LogP contribution < -0.4 is 5.73 Å². The monoisotopic (exact) mass is 326 g/mol. The summed E-state index contributed by atoms with van der Waals surface area (Å²) in [5.41, 5.74) is 7.64. The maximum atomic E-state index is 12.1. The Hall–Kier alpha value is -1.53. The van der Waals surface area contributed by atoms with E-state index in [4.69, 9.17) is 10.5 Å². The molecule has 6 heteroatoms. The molecule has 0 aliphatic rings. The molecule has 0 fully saturated rings. The number of aryl methyl sites for hydroxylation is 1. The van der Waals surface area contributed by atoms with Crippen molar-refractivity contribution < 1.29 is 14.6 Å². The number of fused-ring (bicyclic) bond motifs is 1. The van der Waals surface area contributed by atoms with E-state index in [-0.39, 0.29) is 12.3 Å². The normalized spacial score (nSPS) is 10.9. The molecule has 0 saturated heterocycles. The Balaban J connectivity index is 2.79. The third-order valence-electron chi connectivity index (χ3n) is 3.06. The third kappa shape index (κ3) is 2.21. The number of halogens is 1. The fraction of sp³-hybridized carbons (Fsp3) is 0.308. The first-order chi connectivity index (χ1) is 9.01. The van der Waals surface area contributed by atoms with Gasteiger partial charge in [0.2, 0.25) is 0 Å². The maximum absolute atomic E-state index is 12.1. The molecule has 102 valence electrons. The smallest absolute Gasteiger partial charge is 0.340 e. The van der Waals surface area contributed by atoms with Crippen LogP contribution >= 0.6 is 15.9 Å². The molecule has 0 amide bonds. The first-order valence-electron chi connectivity index (χ1n) is 5.88. The molecule has 0 bridgehead atoms. The van der Waals surface area contributed by atoms with Crippen molar-refractivity contribution in [2.24, 2.45) is 12.8 Å². The standard InChI is InChI=1S/C13H15BrN2O3/c1-3-19-13(18)12-7-4-11(17)8(14)5-9(7)16(2)10(12)6-15/h4-5,17H,3,6,15H2,1-2H3. The minimum atomic E-state index is -0.421. The Labute approximate surface area is 119 Å². The fourth-order valence-electron chi connectivity index (χ4n) is 2.17. The van der Waals surface area contributed by atoms with E-state index in [0.717, 1.165) is 5.52 Å². The van der Waals surface area contributed by atoms with Crippen LogP contribution in [0.4, 0.5) is 0 Å². The number of esters is 1. The molecule has 0 aliphatic heterocycles. The predicted molar refractivity (Wildman–Crippen MR) is 76.1 cm³/mol. The number of phenols is 1. The summed E-state index contributed by atoms with van der Waals surface area (Å²) in [6, 6.07) is 3.30. The minimum absolute atomic E-state index is 0.0761. The number of nitrogens with two attached hydrogens (primary N) is 1. The van der Waals surface area contributed by atoms with E-state index in [1.54, 1.807) is 19.1 Å². The summed E-state index contributed by atoms with van der Waals surface area (Å²) in [4.78, 5) is 12.1. The molecule has 0 atom stereocenters. The second-order valence-corrected chi connectivity index (χ2v) is 4.98. The molecule has 1 heterocycles. The van der Waals surface area contributed by atoms with Gasteiger partial charge < -0.3 is 20.1 Å². The number of benzene rings is 1. The molecule has 5 nitrogen and oxygen atoms in total. The maximum Gasteiger partial charge on any atom is 0.340 e. The lowest BCUT2D eigenvalue weighted by molar-refractivity contribution is 0.0527. The van der Waals surface area contributed by atoms with Crippen molar-refractivity contribution in [3.05, 3.63) is 27.9 Å². The zero-order valence-corrected chi connectivity index (χ0v) is 12.3. The second-order valence-electron chi connectivity index (χ2n) is 4.13. The van der Waals surface area contributed by atoms with Crippen LogP contribution in [-0.2, 0) is 18.3 Å². The van der Waals surface area contributed by atoms with Gasteiger partial charge in [-0.05, 0) is 35.0 Å². The van der Waals surface area contributed by atoms with Crippen molar-refractivity contribution in [3.63, 3.8) is 0 Å². The molecule has 2 aromatic rings. The summed E-state index contributed by atoms with van der Waals surface area (Å²) >= 11 is 3.26. The van der Waals surface area contributed by atoms with Crippen LogP contribution in [0.15, 0.2) is 16.6 Å². The van der Waals surface area contributed by atoms with Gasteiger partial charge in [0.05, 0.1) is 22.2 Å². The molecule has 19 heavy (non-hydrogen) atoms. The van der Waals surface area contributed by atoms with Crippen molar-refractivity contribution in [1.82, 2.24) is 4.57 Å². The van der Waals surface area contributed by atoms with Gasteiger partial charge in [-0.1, -0.05) is 0 Å². The quantitative estimate of drug-likeness (QED) is 0.848. The van der Waals surface area contributed by atoms with Gasteiger partial charge in [0, 0.05) is 24.7 Å². The first kappa shape index (κ1) is 13.9. The van der Waals surface area contributed by atoms with Crippen molar-refractivity contribution >= 4 is 32.8 Å². The van der Waals surface area contributed by atoms with Crippen molar-refractivity contribution in [3.8, 4) is 5.75 Å². The van der Waals surface area contributed by atoms with Crippen LogP contribution in [0, 0.1) is 0 Å². The number of hydrogen-bond donors (Lipinski definition) is 2. The molecule has 1 aromatic heterocycles. The molecule has 1 aromatic carbocycles. The lowest BCUT2D eigenvalue weighted by atomic mass is 10.1. The van der Waals surface area contributed by atoms with Crippen molar-refractivity contribution in [2.75, 3.05) is 6.61 Å². The molecular formula is C13H15BrN2O3. The van der Waals surface area contributed by atoms with Gasteiger partial charge in [-0.25, -0.2) is 4.79 Å². The van der Waals surface area contributed by atoms with Crippen LogP contribution in [0.3, 0.4) is 0 Å². The zero-order chi connectivity index (χ0) is 14.2. The van der Waals surface area contributed by atoms with E-state index in [0.29, 0.717) is 27.7 Å². The van der Waals surface area contributed by atoms with Crippen molar-refractivity contribution in [2.45, 2.75) is 13.5 Å². The van der Waals surface area contributed by atoms with Gasteiger partial charge in [-0.15, -0.1) is 0 Å². The van der Waals surface area contributed by atoms with Crippen LogP contribution in [0.5, 0.6) is 5.75 Å². The Kier molecular flexibility index (Phi) is 3.82. The topological polar surface area (TPSA) is 77.5 Å². The van der Waals surface area contributed by atoms with E-state index >= 15 is 0 Å². The summed E-state index contributed by atoms with van der Waals surface area (Å²) in [7, 11) is 1.83. The molecule has 0 radical (unpaired) electrons. The third-order valence-corrected chi connectivity index (χ3v) is 3.70. The van der Waals surface area contributed by atoms with Crippen LogP contribution in [-0.4, -0.2) is 22.2 Å². The number of aromatic hydroxyl groups is 1. The molecule has 0 saturated carbocycles. The van der Waals surface area contributed by atoms with E-state index in [9.17, 15) is 9.90 Å². The average Bonchev–Trinajstić information content (AvgIpc) is 2.63. The lowest BCUT2D eigenvalue weighted by Crippen LogP contribution is -2.12. The number of rotatable bonds is 3. The summed E-state index contributed by atoms with van der Waals surface area (Å²) < 4.78 is 7.47. The SMILES string of the molecule is CCOC(=O)c1c(CN)n(C)c2cc(Br)c(O)cc12. The number of nitrogens with zero attached hydrogens (tertiary/aromatic N) is 1. The second kappa shape index (κ2) is 5.22. The van der Waals surface area contributed by atoms with Gasteiger partial charge in [-0.2, -0.15) is 0 Å². The van der Waals surface area contributed by atoms with Gasteiger partial charge in [0.1, 0.15) is 5.75 Å². The summed E-state index contributed by atoms with van der Waals surface area (Å²) in [5, 5.41) is 10.4. The fourth-order valence-corrected chi connectivity index (χ4v) is 2.50. The van der Waals surface area contributed by atoms with E-state index in [2.05, 4.69) is 15.9 Å². The molecule has 3 N–H and O–H groups in total. The lowest BCUT2D eigenvalue weighted by Gasteiger charge is -2.04. The predicted octanol–water partition coefficient (Wildman–Crippen LogP) is 2.28. The number of carbonyl (C=O) groups excluding carboxylic acids is 1. The van der Waals surface area contributed by atoms with Gasteiger partial charge in [0.25, 0.3) is 0 Å². The average molecular weight is 327 g/mol. The van der Waals surface area contributed by atoms with Crippen LogP contribution in [0.1, 0.15) is 23.0 Å². The Morgan fingerprint density at radius 2 is 2.21 bits per heavy atom. The number of carbonyl (C=O) groups is 1. The summed E-state index contributed by atoms with van der Waals surface area (Å²) in [5.74, 6) is -0.345. The highest BCUT2D eigenvalue weighted by atomic mass is 79.9. The van der Waals surface area contributed by atoms with Gasteiger partial charge in [-0.3, -0.25) is 0 Å². The van der Waals surface area contributed by atoms with Crippen LogP contribution in [0.2, 0.25) is 0 Å². The molecule has 0 spiro atoms. The Morgan fingerprint density at radius 3 is 2.79 bits per heavy atom. The summed E-state index contributed by atoms with van der Waals surface area (Å²) in [6.45, 7) is 2.26. The molecular weight excluding hydrogens is 312 g/mol. The van der Waals surface area contributed by atoms with Gasteiger partial charge in [0.15, 0.2) is 0 Å². The number of hydrogen-bond acceptors (Lipinski definition) is 4.